The maximum absolute atomic E-state index is 15.1. The fourth-order valence-electron chi connectivity index (χ4n) is 4.26. The van der Waals surface area contributed by atoms with Gasteiger partial charge in [-0.15, -0.1) is 4.72 Å². The smallest absolute Gasteiger partial charge is 0.286 e. The number of halogens is 2. The third-order valence-corrected chi connectivity index (χ3v) is 8.14. The minimum Gasteiger partial charge on any atom is -0.368 e. The number of amides is 1. The highest BCUT2D eigenvalue weighted by molar-refractivity contribution is 8.00. The highest BCUT2D eigenvalue weighted by Gasteiger charge is 2.59. The van der Waals surface area contributed by atoms with Crippen LogP contribution in [0.25, 0.3) is 11.1 Å². The van der Waals surface area contributed by atoms with Gasteiger partial charge in [-0.1, -0.05) is 58.8 Å². The zero-order valence-electron chi connectivity index (χ0n) is 18.3. The van der Waals surface area contributed by atoms with Crippen molar-refractivity contribution in [2.24, 2.45) is 0 Å². The number of likely N-dealkylation sites (tertiary alicyclic amines) is 1. The van der Waals surface area contributed by atoms with Gasteiger partial charge in [-0.25, -0.2) is 8.78 Å². The van der Waals surface area contributed by atoms with Crippen LogP contribution in [0.2, 0.25) is 0 Å². The third-order valence-electron chi connectivity index (χ3n) is 6.28. The second kappa shape index (κ2) is 9.00. The first kappa shape index (κ1) is 23.0. The van der Waals surface area contributed by atoms with Gasteiger partial charge in [0.05, 0.1) is 19.2 Å². The van der Waals surface area contributed by atoms with Crippen LogP contribution in [-0.4, -0.2) is 60.1 Å². The number of hydrogen-bond acceptors (Lipinski definition) is 3. The molecule has 1 amide bonds. The standard InChI is InChI=1S/C24H29F2N2O3S/c1-3-32(2,30)27-22-20(28(16-24(22,25)26)23(29)21-12-13-31-21)15-17-8-7-11-19(14-17)18-9-5-4-6-10-18/h4-11,14,20-22H,3,12-13,15-16H2,1-2H3,(H,27,30)/q+1/t20-,21?,22+,32?/m0/s1. The van der Waals surface area contributed by atoms with E-state index in [1.165, 1.54) is 11.2 Å². The Morgan fingerprint density at radius 3 is 2.50 bits per heavy atom. The van der Waals surface area contributed by atoms with E-state index >= 15 is 8.78 Å². The van der Waals surface area contributed by atoms with Gasteiger partial charge >= 0.3 is 0 Å². The molecule has 4 atom stereocenters. The highest BCUT2D eigenvalue weighted by atomic mass is 32.3. The monoisotopic (exact) mass is 463 g/mol. The number of benzene rings is 2. The molecule has 0 saturated carbocycles. The van der Waals surface area contributed by atoms with Crippen molar-refractivity contribution >= 4 is 16.0 Å². The van der Waals surface area contributed by atoms with Crippen LogP contribution >= 0.6 is 0 Å². The van der Waals surface area contributed by atoms with Crippen LogP contribution in [0.15, 0.2) is 54.6 Å². The van der Waals surface area contributed by atoms with Gasteiger partial charge in [0, 0.05) is 6.42 Å². The lowest BCUT2D eigenvalue weighted by molar-refractivity contribution is -0.158. The Morgan fingerprint density at radius 1 is 1.19 bits per heavy atom. The number of rotatable bonds is 7. The Labute approximate surface area is 188 Å². The van der Waals surface area contributed by atoms with Crippen molar-refractivity contribution in [2.45, 2.75) is 43.9 Å². The summed E-state index contributed by atoms with van der Waals surface area (Å²) in [5, 5.41) is 0. The topological polar surface area (TPSA) is 58.6 Å². The summed E-state index contributed by atoms with van der Waals surface area (Å²) in [6.07, 6.45) is 1.55. The molecular formula is C24H29F2N2O3S+. The third kappa shape index (κ3) is 4.77. The molecule has 2 aliphatic heterocycles. The van der Waals surface area contributed by atoms with E-state index in [1.54, 1.807) is 6.92 Å². The second-order valence-corrected chi connectivity index (χ2v) is 11.4. The summed E-state index contributed by atoms with van der Waals surface area (Å²) >= 11 is 0. The number of alkyl halides is 2. The summed E-state index contributed by atoms with van der Waals surface area (Å²) in [6, 6.07) is 15.3. The van der Waals surface area contributed by atoms with Crippen LogP contribution in [0.3, 0.4) is 0 Å². The summed E-state index contributed by atoms with van der Waals surface area (Å²) in [4.78, 5) is 14.2. The Hall–Kier alpha value is -2.16. The zero-order chi connectivity index (χ0) is 22.9. The number of nitrogens with zero attached hydrogens (tertiary/aromatic N) is 1. The van der Waals surface area contributed by atoms with E-state index in [0.29, 0.717) is 13.0 Å². The highest BCUT2D eigenvalue weighted by Crippen LogP contribution is 2.37. The molecule has 2 aliphatic rings. The molecule has 32 heavy (non-hydrogen) atoms. The number of hydrogen-bond donors (Lipinski definition) is 1. The second-order valence-electron chi connectivity index (χ2n) is 8.60. The molecule has 2 aromatic carbocycles. The van der Waals surface area contributed by atoms with Crippen molar-refractivity contribution in [1.82, 2.24) is 9.62 Å². The van der Waals surface area contributed by atoms with Gasteiger partial charge in [0.1, 0.15) is 24.2 Å². The van der Waals surface area contributed by atoms with E-state index in [9.17, 15) is 9.00 Å². The van der Waals surface area contributed by atoms with Crippen molar-refractivity contribution in [3.05, 3.63) is 60.2 Å². The van der Waals surface area contributed by atoms with Crippen LogP contribution in [0, 0.1) is 0 Å². The van der Waals surface area contributed by atoms with Crippen LogP contribution in [0.4, 0.5) is 8.78 Å². The molecule has 2 fully saturated rings. The van der Waals surface area contributed by atoms with Crippen LogP contribution in [-0.2, 0) is 30.3 Å². The van der Waals surface area contributed by atoms with Gasteiger partial charge < -0.3 is 9.64 Å². The molecule has 0 bridgehead atoms. The minimum absolute atomic E-state index is 0.228. The summed E-state index contributed by atoms with van der Waals surface area (Å²) in [7, 11) is -2.66. The molecule has 8 heteroatoms. The minimum atomic E-state index is -3.20. The maximum atomic E-state index is 15.1. The lowest BCUT2D eigenvalue weighted by Crippen LogP contribution is -2.55. The first-order chi connectivity index (χ1) is 15.2. The van der Waals surface area contributed by atoms with Gasteiger partial charge in [0.2, 0.25) is 0 Å². The van der Waals surface area contributed by atoms with Crippen molar-refractivity contribution in [3.63, 3.8) is 0 Å². The van der Waals surface area contributed by atoms with E-state index in [-0.39, 0.29) is 12.2 Å². The first-order valence-corrected chi connectivity index (χ1v) is 13.0. The van der Waals surface area contributed by atoms with Crippen molar-refractivity contribution in [2.75, 3.05) is 25.2 Å². The molecule has 0 aromatic heterocycles. The van der Waals surface area contributed by atoms with Gasteiger partial charge in [-0.05, 0) is 30.0 Å². The molecule has 4 rings (SSSR count). The predicted molar refractivity (Wildman–Crippen MR) is 122 cm³/mol. The quantitative estimate of drug-likeness (QED) is 0.639. The van der Waals surface area contributed by atoms with Crippen molar-refractivity contribution in [1.29, 1.82) is 0 Å². The van der Waals surface area contributed by atoms with Crippen molar-refractivity contribution < 1.29 is 22.5 Å². The molecule has 2 saturated heterocycles. The molecular weight excluding hydrogens is 434 g/mol. The van der Waals surface area contributed by atoms with Crippen LogP contribution in [0.1, 0.15) is 18.9 Å². The van der Waals surface area contributed by atoms with Crippen LogP contribution in [0.5, 0.6) is 0 Å². The van der Waals surface area contributed by atoms with Gasteiger partial charge in [0.15, 0.2) is 10.1 Å². The Balaban J connectivity index is 1.66. The Morgan fingerprint density at radius 2 is 1.88 bits per heavy atom. The Bertz CT molecular complexity index is 1010. The van der Waals surface area contributed by atoms with Crippen molar-refractivity contribution in [3.8, 4) is 11.1 Å². The maximum Gasteiger partial charge on any atom is 0.286 e. The number of nitrogens with one attached hydrogen (secondary N) is 1. The van der Waals surface area contributed by atoms with E-state index in [4.69, 9.17) is 4.74 Å². The SMILES string of the molecule is CC[S+](C)(=O)N[C@@H]1[C@H](Cc2cccc(-c3ccccc3)c2)N(C(=O)C2CCO2)CC1(F)F. The lowest BCUT2D eigenvalue weighted by atomic mass is 9.96. The summed E-state index contributed by atoms with van der Waals surface area (Å²) in [5.41, 5.74) is 2.84. The van der Waals surface area contributed by atoms with Gasteiger partial charge in [-0.2, -0.15) is 0 Å². The predicted octanol–water partition coefficient (Wildman–Crippen LogP) is 3.55. The average Bonchev–Trinajstić information content (AvgIpc) is 2.97. The first-order valence-electron chi connectivity index (χ1n) is 10.9. The lowest BCUT2D eigenvalue weighted by Gasteiger charge is -2.33. The summed E-state index contributed by atoms with van der Waals surface area (Å²) in [5.74, 6) is -3.38. The molecule has 2 unspecified atom stereocenters. The number of ether oxygens (including phenoxy) is 1. The molecule has 2 aromatic rings. The van der Waals surface area contributed by atoms with Gasteiger partial charge in [0.25, 0.3) is 11.8 Å². The zero-order valence-corrected chi connectivity index (χ0v) is 19.1. The molecule has 5 nitrogen and oxygen atoms in total. The summed E-state index contributed by atoms with van der Waals surface area (Å²) in [6.45, 7) is 1.46. The van der Waals surface area contributed by atoms with E-state index < -0.39 is 46.7 Å². The molecule has 0 radical (unpaired) electrons. The molecule has 1 N–H and O–H groups in total. The molecule has 0 spiro atoms. The normalized spacial score (nSPS) is 26.4. The fourth-order valence-corrected chi connectivity index (χ4v) is 5.29. The van der Waals surface area contributed by atoms with Crippen LogP contribution < -0.4 is 4.72 Å². The molecule has 0 aliphatic carbocycles. The fraction of sp³-hybridized carbons (Fsp3) is 0.458. The number of carbonyl (C=O) groups is 1. The Kier molecular flexibility index (Phi) is 6.47. The van der Waals surface area contributed by atoms with E-state index in [0.717, 1.165) is 16.7 Å². The van der Waals surface area contributed by atoms with E-state index in [2.05, 4.69) is 4.72 Å². The molecule has 172 valence electrons. The average molecular weight is 464 g/mol. The molecule has 2 heterocycles. The van der Waals surface area contributed by atoms with E-state index in [1.807, 2.05) is 54.6 Å². The summed E-state index contributed by atoms with van der Waals surface area (Å²) < 4.78 is 51.0. The number of carbonyl (C=O) groups excluding carboxylic acids is 1. The van der Waals surface area contributed by atoms with Gasteiger partial charge in [-0.3, -0.25) is 4.79 Å². The largest absolute Gasteiger partial charge is 0.368 e.